The lowest BCUT2D eigenvalue weighted by Crippen LogP contribution is -2.66. The highest BCUT2D eigenvalue weighted by Gasteiger charge is 2.48. The molecule has 2 fully saturated rings. The topological polar surface area (TPSA) is 32.5 Å². The summed E-state index contributed by atoms with van der Waals surface area (Å²) in [4.78, 5) is 5.29. The standard InChI is InChI=1S/C15H31N3/c1-4-5-17-6-8-18(9-7-17)15(12-16)10-14(11-15)13(2)3/h13-14H,4-12,16H2,1-3H3. The first-order valence-corrected chi connectivity index (χ1v) is 7.79. The number of nitrogens with two attached hydrogens (primary N) is 1. The molecule has 1 saturated heterocycles. The van der Waals surface area contributed by atoms with E-state index in [1.165, 1.54) is 52.0 Å². The van der Waals surface area contributed by atoms with Gasteiger partial charge in [-0.3, -0.25) is 4.90 Å². The average molecular weight is 253 g/mol. The largest absolute Gasteiger partial charge is 0.329 e. The van der Waals surface area contributed by atoms with Crippen molar-refractivity contribution < 1.29 is 0 Å². The lowest BCUT2D eigenvalue weighted by molar-refractivity contribution is -0.0568. The molecule has 3 heteroatoms. The van der Waals surface area contributed by atoms with Crippen LogP contribution in [0.3, 0.4) is 0 Å². The second-order valence-corrected chi connectivity index (χ2v) is 6.67. The molecule has 0 aromatic heterocycles. The summed E-state index contributed by atoms with van der Waals surface area (Å²) < 4.78 is 0. The van der Waals surface area contributed by atoms with Crippen molar-refractivity contribution in [3.63, 3.8) is 0 Å². The minimum Gasteiger partial charge on any atom is -0.329 e. The summed E-state index contributed by atoms with van der Waals surface area (Å²) >= 11 is 0. The number of hydrogen-bond donors (Lipinski definition) is 1. The fraction of sp³-hybridized carbons (Fsp3) is 1.00. The molecular weight excluding hydrogens is 222 g/mol. The van der Waals surface area contributed by atoms with Gasteiger partial charge in [0.1, 0.15) is 0 Å². The van der Waals surface area contributed by atoms with Crippen molar-refractivity contribution >= 4 is 0 Å². The quantitative estimate of drug-likeness (QED) is 0.810. The summed E-state index contributed by atoms with van der Waals surface area (Å²) in [5.74, 6) is 1.73. The summed E-state index contributed by atoms with van der Waals surface area (Å²) in [5.41, 5.74) is 6.45. The Bertz CT molecular complexity index is 250. The predicted molar refractivity (Wildman–Crippen MR) is 77.7 cm³/mol. The Hall–Kier alpha value is -0.120. The van der Waals surface area contributed by atoms with Gasteiger partial charge >= 0.3 is 0 Å². The van der Waals surface area contributed by atoms with Crippen molar-refractivity contribution in [2.45, 2.75) is 45.6 Å². The first kappa shape index (κ1) is 14.3. The summed E-state index contributed by atoms with van der Waals surface area (Å²) in [6.07, 6.45) is 3.93. The molecule has 0 radical (unpaired) electrons. The Labute approximate surface area is 113 Å². The molecule has 1 saturated carbocycles. The van der Waals surface area contributed by atoms with E-state index in [0.29, 0.717) is 5.54 Å². The van der Waals surface area contributed by atoms with Crippen LogP contribution in [0.25, 0.3) is 0 Å². The smallest absolute Gasteiger partial charge is 0.0338 e. The highest BCUT2D eigenvalue weighted by Crippen LogP contribution is 2.45. The van der Waals surface area contributed by atoms with Crippen molar-refractivity contribution in [3.8, 4) is 0 Å². The van der Waals surface area contributed by atoms with Gasteiger partial charge in [0, 0.05) is 38.3 Å². The second-order valence-electron chi connectivity index (χ2n) is 6.67. The monoisotopic (exact) mass is 253 g/mol. The van der Waals surface area contributed by atoms with Gasteiger partial charge in [0.05, 0.1) is 0 Å². The van der Waals surface area contributed by atoms with E-state index in [4.69, 9.17) is 5.73 Å². The molecule has 0 bridgehead atoms. The Morgan fingerprint density at radius 1 is 1.17 bits per heavy atom. The van der Waals surface area contributed by atoms with Gasteiger partial charge in [-0.1, -0.05) is 20.8 Å². The van der Waals surface area contributed by atoms with Crippen molar-refractivity contribution in [2.75, 3.05) is 39.3 Å². The molecule has 2 N–H and O–H groups in total. The Kier molecular flexibility index (Phi) is 4.68. The van der Waals surface area contributed by atoms with Crippen LogP contribution in [0.2, 0.25) is 0 Å². The number of hydrogen-bond acceptors (Lipinski definition) is 3. The maximum absolute atomic E-state index is 6.10. The average Bonchev–Trinajstić information content (AvgIpc) is 2.30. The van der Waals surface area contributed by atoms with Crippen LogP contribution in [0.4, 0.5) is 0 Å². The first-order chi connectivity index (χ1) is 8.61. The van der Waals surface area contributed by atoms with Gasteiger partial charge in [-0.25, -0.2) is 0 Å². The van der Waals surface area contributed by atoms with E-state index in [1.807, 2.05) is 0 Å². The van der Waals surface area contributed by atoms with Crippen LogP contribution in [-0.2, 0) is 0 Å². The highest BCUT2D eigenvalue weighted by atomic mass is 15.3. The van der Waals surface area contributed by atoms with Crippen LogP contribution < -0.4 is 5.73 Å². The van der Waals surface area contributed by atoms with Crippen molar-refractivity contribution in [3.05, 3.63) is 0 Å². The summed E-state index contributed by atoms with van der Waals surface area (Å²) in [7, 11) is 0. The zero-order chi connectivity index (χ0) is 13.2. The molecule has 18 heavy (non-hydrogen) atoms. The molecule has 3 nitrogen and oxygen atoms in total. The molecule has 0 aromatic carbocycles. The van der Waals surface area contributed by atoms with Crippen LogP contribution >= 0.6 is 0 Å². The molecule has 106 valence electrons. The van der Waals surface area contributed by atoms with E-state index in [1.54, 1.807) is 0 Å². The Balaban J connectivity index is 1.84. The van der Waals surface area contributed by atoms with Crippen LogP contribution in [-0.4, -0.2) is 54.6 Å². The van der Waals surface area contributed by atoms with Crippen molar-refractivity contribution in [2.24, 2.45) is 17.6 Å². The molecular formula is C15H31N3. The second kappa shape index (κ2) is 5.89. The molecule has 2 aliphatic rings. The van der Waals surface area contributed by atoms with E-state index in [2.05, 4.69) is 30.6 Å². The zero-order valence-corrected chi connectivity index (χ0v) is 12.5. The van der Waals surface area contributed by atoms with Gasteiger partial charge in [0.25, 0.3) is 0 Å². The molecule has 0 amide bonds. The van der Waals surface area contributed by atoms with Gasteiger partial charge in [0.15, 0.2) is 0 Å². The molecule has 1 aliphatic carbocycles. The van der Waals surface area contributed by atoms with Gasteiger partial charge in [-0.15, -0.1) is 0 Å². The molecule has 0 unspecified atom stereocenters. The maximum atomic E-state index is 6.10. The summed E-state index contributed by atoms with van der Waals surface area (Å²) in [6, 6.07) is 0. The SMILES string of the molecule is CCCN1CCN(C2(CN)CC(C(C)C)C2)CC1. The number of piperazine rings is 1. The zero-order valence-electron chi connectivity index (χ0n) is 12.5. The van der Waals surface area contributed by atoms with Crippen LogP contribution in [0, 0.1) is 11.8 Å². The fourth-order valence-corrected chi connectivity index (χ4v) is 3.70. The van der Waals surface area contributed by atoms with E-state index in [-0.39, 0.29) is 0 Å². The minimum absolute atomic E-state index is 0.354. The fourth-order valence-electron chi connectivity index (χ4n) is 3.70. The number of rotatable bonds is 5. The van der Waals surface area contributed by atoms with Crippen molar-refractivity contribution in [1.82, 2.24) is 9.80 Å². The van der Waals surface area contributed by atoms with E-state index in [9.17, 15) is 0 Å². The van der Waals surface area contributed by atoms with Crippen LogP contribution in [0.1, 0.15) is 40.0 Å². The lowest BCUT2D eigenvalue weighted by Gasteiger charge is -2.57. The van der Waals surface area contributed by atoms with Gasteiger partial charge in [-0.2, -0.15) is 0 Å². The highest BCUT2D eigenvalue weighted by molar-refractivity contribution is 5.05. The van der Waals surface area contributed by atoms with Gasteiger partial charge < -0.3 is 10.6 Å². The third-order valence-corrected chi connectivity index (χ3v) is 5.19. The van der Waals surface area contributed by atoms with E-state index < -0.39 is 0 Å². The van der Waals surface area contributed by atoms with E-state index in [0.717, 1.165) is 18.4 Å². The van der Waals surface area contributed by atoms with Crippen molar-refractivity contribution in [1.29, 1.82) is 0 Å². The molecule has 0 atom stereocenters. The maximum Gasteiger partial charge on any atom is 0.0338 e. The molecule has 1 heterocycles. The molecule has 0 aromatic rings. The Morgan fingerprint density at radius 3 is 2.22 bits per heavy atom. The van der Waals surface area contributed by atoms with Gasteiger partial charge in [0.2, 0.25) is 0 Å². The van der Waals surface area contributed by atoms with Gasteiger partial charge in [-0.05, 0) is 37.6 Å². The Morgan fingerprint density at radius 2 is 1.78 bits per heavy atom. The molecule has 1 aliphatic heterocycles. The third-order valence-electron chi connectivity index (χ3n) is 5.19. The van der Waals surface area contributed by atoms with Crippen LogP contribution in [0.15, 0.2) is 0 Å². The van der Waals surface area contributed by atoms with Crippen LogP contribution in [0.5, 0.6) is 0 Å². The lowest BCUT2D eigenvalue weighted by atomic mass is 9.63. The summed E-state index contributed by atoms with van der Waals surface area (Å²) in [6.45, 7) is 14.0. The minimum atomic E-state index is 0.354. The molecule has 2 rings (SSSR count). The first-order valence-electron chi connectivity index (χ1n) is 7.79. The van der Waals surface area contributed by atoms with E-state index >= 15 is 0 Å². The molecule has 0 spiro atoms. The number of nitrogens with zero attached hydrogens (tertiary/aromatic N) is 2. The third kappa shape index (κ3) is 2.73. The summed E-state index contributed by atoms with van der Waals surface area (Å²) in [5, 5.41) is 0. The predicted octanol–water partition coefficient (Wildman–Crippen LogP) is 1.78. The normalized spacial score (nSPS) is 34.8.